The van der Waals surface area contributed by atoms with E-state index in [0.717, 1.165) is 41.7 Å². The monoisotopic (exact) mass is 441 g/mol. The van der Waals surface area contributed by atoms with Crippen LogP contribution in [-0.4, -0.2) is 29.7 Å². The topological polar surface area (TPSA) is 48.0 Å². The number of hydrogen-bond acceptors (Lipinski definition) is 4. The summed E-state index contributed by atoms with van der Waals surface area (Å²) in [7, 11) is 0. The zero-order valence-corrected chi connectivity index (χ0v) is 18.5. The zero-order chi connectivity index (χ0) is 22.2. The van der Waals surface area contributed by atoms with Crippen LogP contribution < -0.4 is 9.47 Å². The Morgan fingerprint density at radius 1 is 0.879 bits per heavy atom. The van der Waals surface area contributed by atoms with Crippen molar-refractivity contribution in [1.82, 2.24) is 4.90 Å². The molecule has 3 aromatic carbocycles. The van der Waals surface area contributed by atoms with Gasteiger partial charge in [0, 0.05) is 24.1 Å². The van der Waals surface area contributed by atoms with Crippen molar-refractivity contribution in [1.29, 1.82) is 0 Å². The quantitative estimate of drug-likeness (QED) is 0.540. The number of nitrogens with zero attached hydrogens (tertiary/aromatic N) is 1. The third-order valence-electron chi connectivity index (χ3n) is 7.13. The standard InChI is InChI=1S/C28H27NO4/c30-28-24-15-27-26(32-18-33-27)14-22(24)23-13-21(31-17-20-9-5-2-6-10-20)11-12-25(23)29(28)16-19-7-3-1-4-8-19/h1-10,14-15,21,23,25H,11-13,16-18H2/t21-,23+,25+/m0/s1. The molecule has 3 atom stereocenters. The highest BCUT2D eigenvalue weighted by Crippen LogP contribution is 2.47. The molecule has 2 aliphatic heterocycles. The smallest absolute Gasteiger partial charge is 0.254 e. The summed E-state index contributed by atoms with van der Waals surface area (Å²) in [5, 5.41) is 0. The van der Waals surface area contributed by atoms with Crippen molar-refractivity contribution >= 4 is 5.91 Å². The number of fused-ring (bicyclic) bond motifs is 4. The van der Waals surface area contributed by atoms with Crippen molar-refractivity contribution in [3.05, 3.63) is 95.1 Å². The van der Waals surface area contributed by atoms with E-state index in [0.29, 0.717) is 18.9 Å². The molecule has 1 saturated carbocycles. The average molecular weight is 442 g/mol. The Morgan fingerprint density at radius 3 is 2.33 bits per heavy atom. The van der Waals surface area contributed by atoms with Gasteiger partial charge >= 0.3 is 0 Å². The van der Waals surface area contributed by atoms with Crippen LogP contribution in [0.1, 0.15) is 52.2 Å². The van der Waals surface area contributed by atoms with Crippen LogP contribution in [0.4, 0.5) is 0 Å². The van der Waals surface area contributed by atoms with Gasteiger partial charge in [-0.25, -0.2) is 0 Å². The molecule has 1 amide bonds. The summed E-state index contributed by atoms with van der Waals surface area (Å²) in [6.45, 7) is 1.44. The van der Waals surface area contributed by atoms with E-state index in [1.54, 1.807) is 0 Å². The molecular formula is C28H27NO4. The number of hydrogen-bond donors (Lipinski definition) is 0. The van der Waals surface area contributed by atoms with Gasteiger partial charge in [0.15, 0.2) is 11.5 Å². The van der Waals surface area contributed by atoms with E-state index < -0.39 is 0 Å². The number of ether oxygens (including phenoxy) is 3. The number of amides is 1. The molecule has 168 valence electrons. The van der Waals surface area contributed by atoms with E-state index >= 15 is 0 Å². The minimum Gasteiger partial charge on any atom is -0.454 e. The Morgan fingerprint density at radius 2 is 1.58 bits per heavy atom. The first-order chi connectivity index (χ1) is 16.3. The summed E-state index contributed by atoms with van der Waals surface area (Å²) < 4.78 is 17.6. The molecule has 0 bridgehead atoms. The molecule has 0 unspecified atom stereocenters. The van der Waals surface area contributed by atoms with E-state index in [4.69, 9.17) is 14.2 Å². The molecule has 6 rings (SSSR count). The van der Waals surface area contributed by atoms with Crippen LogP contribution in [0, 0.1) is 0 Å². The summed E-state index contributed by atoms with van der Waals surface area (Å²) in [5.74, 6) is 1.69. The van der Waals surface area contributed by atoms with Gasteiger partial charge < -0.3 is 19.1 Å². The Labute approximate surface area is 193 Å². The second-order valence-corrected chi connectivity index (χ2v) is 9.12. The van der Waals surface area contributed by atoms with E-state index in [9.17, 15) is 4.79 Å². The molecule has 0 aromatic heterocycles. The molecule has 0 saturated heterocycles. The van der Waals surface area contributed by atoms with Gasteiger partial charge in [-0.3, -0.25) is 4.79 Å². The number of rotatable bonds is 5. The summed E-state index contributed by atoms with van der Waals surface area (Å²) in [6, 6.07) is 24.6. The van der Waals surface area contributed by atoms with E-state index in [1.807, 2.05) is 48.5 Å². The van der Waals surface area contributed by atoms with E-state index in [-0.39, 0.29) is 30.8 Å². The third-order valence-corrected chi connectivity index (χ3v) is 7.13. The highest BCUT2D eigenvalue weighted by Gasteiger charge is 2.44. The van der Waals surface area contributed by atoms with Gasteiger partial charge in [0.05, 0.1) is 12.7 Å². The van der Waals surface area contributed by atoms with Crippen LogP contribution in [0.2, 0.25) is 0 Å². The predicted molar refractivity (Wildman–Crippen MR) is 124 cm³/mol. The maximum atomic E-state index is 13.7. The molecule has 2 heterocycles. The van der Waals surface area contributed by atoms with E-state index in [2.05, 4.69) is 29.2 Å². The van der Waals surface area contributed by atoms with Crippen molar-refractivity contribution in [3.63, 3.8) is 0 Å². The van der Waals surface area contributed by atoms with Crippen LogP contribution in [0.5, 0.6) is 11.5 Å². The highest BCUT2D eigenvalue weighted by molar-refractivity contribution is 5.98. The predicted octanol–water partition coefficient (Wildman–Crippen LogP) is 5.29. The number of carbonyl (C=O) groups is 1. The van der Waals surface area contributed by atoms with Gasteiger partial charge in [-0.1, -0.05) is 60.7 Å². The zero-order valence-electron chi connectivity index (χ0n) is 18.5. The lowest BCUT2D eigenvalue weighted by molar-refractivity contribution is -0.0134. The van der Waals surface area contributed by atoms with Crippen LogP contribution in [0.25, 0.3) is 0 Å². The minimum atomic E-state index is 0.0806. The van der Waals surface area contributed by atoms with Crippen molar-refractivity contribution in [2.24, 2.45) is 0 Å². The lowest BCUT2D eigenvalue weighted by Gasteiger charge is -2.46. The van der Waals surface area contributed by atoms with Crippen molar-refractivity contribution in [2.75, 3.05) is 6.79 Å². The lowest BCUT2D eigenvalue weighted by atomic mass is 9.73. The van der Waals surface area contributed by atoms with Gasteiger partial charge in [0.2, 0.25) is 6.79 Å². The van der Waals surface area contributed by atoms with Crippen molar-refractivity contribution in [2.45, 2.75) is 50.5 Å². The fourth-order valence-electron chi connectivity index (χ4n) is 5.49. The summed E-state index contributed by atoms with van der Waals surface area (Å²) in [6.07, 6.45) is 2.93. The molecule has 0 radical (unpaired) electrons. The van der Waals surface area contributed by atoms with Gasteiger partial charge in [0.25, 0.3) is 5.91 Å². The van der Waals surface area contributed by atoms with Gasteiger partial charge in [-0.2, -0.15) is 0 Å². The van der Waals surface area contributed by atoms with E-state index in [1.165, 1.54) is 5.56 Å². The highest BCUT2D eigenvalue weighted by atomic mass is 16.7. The van der Waals surface area contributed by atoms with Crippen molar-refractivity contribution < 1.29 is 19.0 Å². The van der Waals surface area contributed by atoms with Crippen LogP contribution >= 0.6 is 0 Å². The van der Waals surface area contributed by atoms with Crippen molar-refractivity contribution in [3.8, 4) is 11.5 Å². The molecule has 1 fully saturated rings. The first kappa shape index (κ1) is 20.3. The largest absolute Gasteiger partial charge is 0.454 e. The number of benzene rings is 3. The normalized spacial score (nSPS) is 23.2. The van der Waals surface area contributed by atoms with Crippen LogP contribution in [0.15, 0.2) is 72.8 Å². The number of carbonyl (C=O) groups excluding carboxylic acids is 1. The summed E-state index contributed by atoms with van der Waals surface area (Å²) in [5.41, 5.74) is 4.15. The van der Waals surface area contributed by atoms with Gasteiger partial charge in [-0.15, -0.1) is 0 Å². The Balaban J connectivity index is 1.30. The molecule has 33 heavy (non-hydrogen) atoms. The van der Waals surface area contributed by atoms with Gasteiger partial charge in [-0.05, 0) is 48.1 Å². The fraction of sp³-hybridized carbons (Fsp3) is 0.321. The maximum absolute atomic E-state index is 13.7. The summed E-state index contributed by atoms with van der Waals surface area (Å²) in [4.78, 5) is 15.7. The van der Waals surface area contributed by atoms with Gasteiger partial charge in [0.1, 0.15) is 0 Å². The second kappa shape index (κ2) is 8.56. The Kier molecular flexibility index (Phi) is 5.27. The average Bonchev–Trinajstić information content (AvgIpc) is 3.33. The van der Waals surface area contributed by atoms with Crippen LogP contribution in [0.3, 0.4) is 0 Å². The molecule has 3 aromatic rings. The fourth-order valence-corrected chi connectivity index (χ4v) is 5.49. The molecular weight excluding hydrogens is 414 g/mol. The molecule has 1 aliphatic carbocycles. The molecule has 0 spiro atoms. The first-order valence-corrected chi connectivity index (χ1v) is 11.7. The Hall–Kier alpha value is -3.31. The Bertz CT molecular complexity index is 1150. The SMILES string of the molecule is O=C1c2cc3c(cc2[C@H]2C[C@@H](OCc4ccccc4)CC[C@H]2N1Cc1ccccc1)OCO3. The third kappa shape index (κ3) is 3.87. The minimum absolute atomic E-state index is 0.0806. The molecule has 0 N–H and O–H groups in total. The first-order valence-electron chi connectivity index (χ1n) is 11.7. The lowest BCUT2D eigenvalue weighted by Crippen LogP contribution is -2.50. The van der Waals surface area contributed by atoms with Crippen LogP contribution in [-0.2, 0) is 17.9 Å². The molecule has 3 aliphatic rings. The molecule has 5 nitrogen and oxygen atoms in total. The summed E-state index contributed by atoms with van der Waals surface area (Å²) >= 11 is 0. The maximum Gasteiger partial charge on any atom is 0.254 e. The second-order valence-electron chi connectivity index (χ2n) is 9.12. The molecule has 5 heteroatoms.